The number of hydrogen-bond donors (Lipinski definition) is 3. The van der Waals surface area contributed by atoms with Gasteiger partial charge in [-0.1, -0.05) is 0 Å². The van der Waals surface area contributed by atoms with Crippen molar-refractivity contribution in [1.82, 2.24) is 15.3 Å². The molecule has 0 bridgehead atoms. The number of hydrogen-bond acceptors (Lipinski definition) is 8. The Bertz CT molecular complexity index is 1860. The number of fused-ring (bicyclic) bond motifs is 2. The van der Waals surface area contributed by atoms with E-state index in [0.717, 1.165) is 18.2 Å². The summed E-state index contributed by atoms with van der Waals surface area (Å²) in [6.45, 7) is 1.29. The van der Waals surface area contributed by atoms with Crippen LogP contribution in [0.3, 0.4) is 0 Å². The summed E-state index contributed by atoms with van der Waals surface area (Å²) >= 11 is 0. The van der Waals surface area contributed by atoms with Crippen LogP contribution in [-0.2, 0) is 15.8 Å². The van der Waals surface area contributed by atoms with Crippen LogP contribution in [0.5, 0.6) is 11.5 Å². The zero-order chi connectivity index (χ0) is 32.9. The highest BCUT2D eigenvalue weighted by molar-refractivity contribution is 6.00. The highest BCUT2D eigenvalue weighted by Crippen LogP contribution is 2.47. The van der Waals surface area contributed by atoms with Crippen molar-refractivity contribution in [3.63, 3.8) is 0 Å². The maximum Gasteiger partial charge on any atom is 0.424 e. The summed E-state index contributed by atoms with van der Waals surface area (Å²) in [7, 11) is 1.29. The molecule has 2 amide bonds. The number of benzene rings is 2. The first-order valence-electron chi connectivity index (χ1n) is 13.4. The molecule has 0 saturated heterocycles. The molecule has 10 nitrogen and oxygen atoms in total. The quantitative estimate of drug-likeness (QED) is 0.197. The van der Waals surface area contributed by atoms with Gasteiger partial charge in [0.1, 0.15) is 46.2 Å². The van der Waals surface area contributed by atoms with E-state index in [2.05, 4.69) is 15.3 Å². The van der Waals surface area contributed by atoms with Crippen molar-refractivity contribution >= 4 is 29.0 Å². The molecule has 3 heterocycles. The Hall–Kier alpha value is -5.11. The second kappa shape index (κ2) is 11.1. The number of ether oxygens (including phenoxy) is 2. The Morgan fingerprint density at radius 1 is 1.16 bits per heavy atom. The summed E-state index contributed by atoms with van der Waals surface area (Å²) in [6, 6.07) is 9.65. The lowest BCUT2D eigenvalue weighted by atomic mass is 9.81. The van der Waals surface area contributed by atoms with Crippen LogP contribution in [0.25, 0.3) is 22.2 Å². The number of primary amides is 1. The molecule has 2 atom stereocenters. The number of alkyl halides is 3. The van der Waals surface area contributed by atoms with Gasteiger partial charge in [0.15, 0.2) is 6.29 Å². The van der Waals surface area contributed by atoms with Crippen LogP contribution in [0, 0.1) is 12.7 Å². The molecule has 4 aromatic rings. The highest BCUT2D eigenvalue weighted by atomic mass is 19.4. The lowest BCUT2D eigenvalue weighted by Gasteiger charge is -2.31. The highest BCUT2D eigenvalue weighted by Gasteiger charge is 2.57. The van der Waals surface area contributed by atoms with Crippen LogP contribution in [-0.4, -0.2) is 59.6 Å². The van der Waals surface area contributed by atoms with Gasteiger partial charge in [-0.25, -0.2) is 14.4 Å². The van der Waals surface area contributed by atoms with E-state index >= 15 is 0 Å². The molecule has 0 spiro atoms. The van der Waals surface area contributed by atoms with Crippen molar-refractivity contribution < 1.29 is 46.5 Å². The second-order valence-corrected chi connectivity index (χ2v) is 10.8. The minimum Gasteiger partial charge on any atom is -0.494 e. The van der Waals surface area contributed by atoms with Crippen LogP contribution in [0.15, 0.2) is 48.5 Å². The van der Waals surface area contributed by atoms with E-state index in [9.17, 15) is 37.1 Å². The average molecular weight is 627 g/mol. The molecule has 0 unspecified atom stereocenters. The summed E-state index contributed by atoms with van der Waals surface area (Å²) in [4.78, 5) is 45.3. The molecular weight excluding hydrogens is 600 g/mol. The van der Waals surface area contributed by atoms with Crippen LogP contribution in [0.4, 0.5) is 17.6 Å². The first kappa shape index (κ1) is 31.3. The average Bonchev–Trinajstić information content (AvgIpc) is 3.35. The van der Waals surface area contributed by atoms with E-state index in [1.807, 2.05) is 0 Å². The molecule has 0 saturated carbocycles. The summed E-state index contributed by atoms with van der Waals surface area (Å²) in [5.41, 5.74) is -0.0691. The third kappa shape index (κ3) is 5.30. The van der Waals surface area contributed by atoms with Gasteiger partial charge < -0.3 is 25.6 Å². The molecule has 5 rings (SSSR count). The number of aldehydes is 1. The van der Waals surface area contributed by atoms with Gasteiger partial charge in [-0.3, -0.25) is 14.4 Å². The number of nitrogens with one attached hydrogen (secondary N) is 1. The smallest absolute Gasteiger partial charge is 0.424 e. The summed E-state index contributed by atoms with van der Waals surface area (Å²) in [6.07, 6.45) is -4.84. The Morgan fingerprint density at radius 3 is 2.44 bits per heavy atom. The molecule has 2 aromatic carbocycles. The van der Waals surface area contributed by atoms with Crippen molar-refractivity contribution in [2.24, 2.45) is 5.73 Å². The maximum atomic E-state index is 14.7. The molecular formula is C31H26F4N4O6. The lowest BCUT2D eigenvalue weighted by Crippen LogP contribution is -2.51. The number of amides is 2. The number of nitrogens with two attached hydrogens (primary N) is 1. The van der Waals surface area contributed by atoms with Gasteiger partial charge in [0.05, 0.1) is 19.3 Å². The zero-order valence-electron chi connectivity index (χ0n) is 24.1. The van der Waals surface area contributed by atoms with Gasteiger partial charge in [0.2, 0.25) is 11.5 Å². The SMILES string of the molecule is COc1cc(C(=O)NC[C@](O)(c2cc3c(c(-c4ccc(F)cc4)n2)OC[C@]3(C)C(N)=O)C(F)(F)F)cc2cc(C)c(C=O)nc12. The number of pyridine rings is 2. The topological polar surface area (TPSA) is 154 Å². The summed E-state index contributed by atoms with van der Waals surface area (Å²) in [5, 5.41) is 13.8. The fourth-order valence-electron chi connectivity index (χ4n) is 5.03. The predicted octanol–water partition coefficient (Wildman–Crippen LogP) is 3.88. The predicted molar refractivity (Wildman–Crippen MR) is 152 cm³/mol. The number of aryl methyl sites for hydroxylation is 1. The molecule has 4 N–H and O–H groups in total. The Balaban J connectivity index is 1.58. The van der Waals surface area contributed by atoms with Crippen molar-refractivity contribution in [1.29, 1.82) is 0 Å². The normalized spacial score (nSPS) is 17.2. The zero-order valence-corrected chi connectivity index (χ0v) is 24.1. The van der Waals surface area contributed by atoms with Gasteiger partial charge in [-0.15, -0.1) is 0 Å². The van der Waals surface area contributed by atoms with E-state index in [-0.39, 0.29) is 51.7 Å². The molecule has 0 radical (unpaired) electrons. The number of carbonyl (C=O) groups is 3. The van der Waals surface area contributed by atoms with Crippen LogP contribution in [0.2, 0.25) is 0 Å². The monoisotopic (exact) mass is 626 g/mol. The van der Waals surface area contributed by atoms with Crippen molar-refractivity contribution in [3.8, 4) is 22.8 Å². The number of nitrogens with zero attached hydrogens (tertiary/aromatic N) is 2. The number of carbonyl (C=O) groups excluding carboxylic acids is 3. The number of halogens is 4. The molecule has 0 aliphatic carbocycles. The summed E-state index contributed by atoms with van der Waals surface area (Å²) in [5.74, 6) is -2.49. The lowest BCUT2D eigenvalue weighted by molar-refractivity contribution is -0.265. The van der Waals surface area contributed by atoms with Crippen LogP contribution >= 0.6 is 0 Å². The van der Waals surface area contributed by atoms with Crippen LogP contribution < -0.4 is 20.5 Å². The number of rotatable bonds is 8. The van der Waals surface area contributed by atoms with Crippen LogP contribution in [0.1, 0.15) is 44.6 Å². The van der Waals surface area contributed by atoms with Gasteiger partial charge in [0.25, 0.3) is 5.91 Å². The van der Waals surface area contributed by atoms with Gasteiger partial charge in [-0.05, 0) is 67.9 Å². The fraction of sp³-hybridized carbons (Fsp3) is 0.258. The van der Waals surface area contributed by atoms with E-state index in [1.54, 1.807) is 13.0 Å². The second-order valence-electron chi connectivity index (χ2n) is 10.8. The molecule has 0 fully saturated rings. The minimum absolute atomic E-state index is 0.0508. The van der Waals surface area contributed by atoms with Gasteiger partial charge in [-0.2, -0.15) is 13.2 Å². The molecule has 234 valence electrons. The number of aliphatic hydroxyl groups is 1. The van der Waals surface area contributed by atoms with E-state index < -0.39 is 47.1 Å². The van der Waals surface area contributed by atoms with Crippen molar-refractivity contribution in [2.75, 3.05) is 20.3 Å². The molecule has 1 aliphatic heterocycles. The minimum atomic E-state index is -5.39. The Labute approximate surface area is 253 Å². The number of aromatic nitrogens is 2. The van der Waals surface area contributed by atoms with E-state index in [1.165, 1.54) is 38.3 Å². The third-order valence-electron chi connectivity index (χ3n) is 7.84. The Morgan fingerprint density at radius 2 is 1.84 bits per heavy atom. The molecule has 2 aromatic heterocycles. The maximum absolute atomic E-state index is 14.7. The molecule has 14 heteroatoms. The first-order chi connectivity index (χ1) is 21.1. The van der Waals surface area contributed by atoms with E-state index in [4.69, 9.17) is 15.2 Å². The molecule has 45 heavy (non-hydrogen) atoms. The first-order valence-corrected chi connectivity index (χ1v) is 13.4. The standard InChI is InChI=1S/C31H26F4N4O6/c1-15-8-17-9-18(10-22(44-3)24(17)38-21(15)12-40)27(41)37-13-30(43,31(33,34)35)23-11-20-26(45-14-29(20,2)28(36)42)25(39-23)16-4-6-19(32)7-5-16/h4-12,43H,13-14H2,1-3H3,(H2,36,42)(H,37,41)/t29-,30-/m0/s1. The Kier molecular flexibility index (Phi) is 7.73. The van der Waals surface area contributed by atoms with Gasteiger partial charge >= 0.3 is 6.18 Å². The van der Waals surface area contributed by atoms with Gasteiger partial charge in [0, 0.05) is 22.1 Å². The molecule has 1 aliphatic rings. The van der Waals surface area contributed by atoms with Crippen molar-refractivity contribution in [3.05, 3.63) is 82.4 Å². The van der Waals surface area contributed by atoms with Crippen molar-refractivity contribution in [2.45, 2.75) is 31.0 Å². The summed E-state index contributed by atoms with van der Waals surface area (Å²) < 4.78 is 68.7. The number of methoxy groups -OCH3 is 1. The fourth-order valence-corrected chi connectivity index (χ4v) is 5.03. The third-order valence-corrected chi connectivity index (χ3v) is 7.84. The van der Waals surface area contributed by atoms with E-state index in [0.29, 0.717) is 17.2 Å². The largest absolute Gasteiger partial charge is 0.494 e.